The van der Waals surface area contributed by atoms with Gasteiger partial charge >= 0.3 is 0 Å². The van der Waals surface area contributed by atoms with Crippen molar-refractivity contribution in [2.75, 3.05) is 27.2 Å². The normalized spacial score (nSPS) is 10.6. The van der Waals surface area contributed by atoms with Gasteiger partial charge in [-0.15, -0.1) is 0 Å². The molecular formula is C18H22N2O. The first-order valence-electron chi connectivity index (χ1n) is 7.20. The Bertz CT molecular complexity index is 554. The summed E-state index contributed by atoms with van der Waals surface area (Å²) in [5.74, 6) is 0.0729. The van der Waals surface area contributed by atoms with E-state index in [1.165, 1.54) is 5.56 Å². The molecule has 0 aliphatic rings. The van der Waals surface area contributed by atoms with E-state index >= 15 is 0 Å². The summed E-state index contributed by atoms with van der Waals surface area (Å²) >= 11 is 0. The van der Waals surface area contributed by atoms with Gasteiger partial charge in [0.05, 0.1) is 0 Å². The van der Waals surface area contributed by atoms with Crippen LogP contribution in [0.3, 0.4) is 0 Å². The number of hydrogen-bond donors (Lipinski definition) is 0. The number of rotatable bonds is 6. The molecule has 0 unspecified atom stereocenters. The third-order valence-corrected chi connectivity index (χ3v) is 3.48. The Morgan fingerprint density at radius 3 is 2.05 bits per heavy atom. The second kappa shape index (κ2) is 7.60. The summed E-state index contributed by atoms with van der Waals surface area (Å²) in [7, 11) is 3.93. The fourth-order valence-corrected chi connectivity index (χ4v) is 2.20. The lowest BCUT2D eigenvalue weighted by Gasteiger charge is -2.22. The van der Waals surface area contributed by atoms with Gasteiger partial charge in [-0.2, -0.15) is 0 Å². The summed E-state index contributed by atoms with van der Waals surface area (Å²) in [6.45, 7) is 2.47. The molecule has 0 N–H and O–H groups in total. The van der Waals surface area contributed by atoms with Gasteiger partial charge in [0.1, 0.15) is 0 Å². The molecule has 0 aromatic heterocycles. The van der Waals surface area contributed by atoms with Crippen molar-refractivity contribution >= 4 is 5.91 Å². The maximum absolute atomic E-state index is 12.2. The van der Waals surface area contributed by atoms with Crippen molar-refractivity contribution in [2.45, 2.75) is 6.54 Å². The van der Waals surface area contributed by atoms with Gasteiger partial charge in [0, 0.05) is 32.2 Å². The highest BCUT2D eigenvalue weighted by atomic mass is 16.2. The number of hydrogen-bond acceptors (Lipinski definition) is 2. The maximum Gasteiger partial charge on any atom is 0.253 e. The number of likely N-dealkylation sites (N-methyl/N-ethyl adjacent to an activating group) is 2. The van der Waals surface area contributed by atoms with Crippen molar-refractivity contribution in [3.05, 3.63) is 71.8 Å². The van der Waals surface area contributed by atoms with Crippen LogP contribution in [0.15, 0.2) is 60.7 Å². The molecular weight excluding hydrogens is 260 g/mol. The van der Waals surface area contributed by atoms with Crippen LogP contribution in [-0.4, -0.2) is 42.9 Å². The van der Waals surface area contributed by atoms with Gasteiger partial charge in [-0.1, -0.05) is 48.5 Å². The first-order chi connectivity index (χ1) is 10.2. The molecule has 1 amide bonds. The molecule has 0 atom stereocenters. The van der Waals surface area contributed by atoms with Crippen molar-refractivity contribution in [3.8, 4) is 0 Å². The van der Waals surface area contributed by atoms with Gasteiger partial charge in [-0.05, 0) is 24.7 Å². The fraction of sp³-hybridized carbons (Fsp3) is 0.278. The van der Waals surface area contributed by atoms with E-state index in [0.29, 0.717) is 0 Å². The van der Waals surface area contributed by atoms with Crippen molar-refractivity contribution in [3.63, 3.8) is 0 Å². The largest absolute Gasteiger partial charge is 0.340 e. The quantitative estimate of drug-likeness (QED) is 0.813. The molecule has 0 spiro atoms. The Kier molecular flexibility index (Phi) is 5.52. The van der Waals surface area contributed by atoms with Crippen LogP contribution in [0.2, 0.25) is 0 Å². The third-order valence-electron chi connectivity index (χ3n) is 3.48. The Hall–Kier alpha value is -2.13. The highest BCUT2D eigenvalue weighted by Crippen LogP contribution is 2.05. The van der Waals surface area contributed by atoms with Gasteiger partial charge in [-0.3, -0.25) is 4.79 Å². The van der Waals surface area contributed by atoms with Crippen molar-refractivity contribution < 1.29 is 4.79 Å². The standard InChI is InChI=1S/C18H22N2O/c1-19(15-16-9-5-3-6-10-16)13-14-20(2)18(21)17-11-7-4-8-12-17/h3-12H,13-15H2,1-2H3. The van der Waals surface area contributed by atoms with Gasteiger partial charge in [-0.25, -0.2) is 0 Å². The van der Waals surface area contributed by atoms with Crippen LogP contribution in [0, 0.1) is 0 Å². The molecule has 2 aromatic carbocycles. The van der Waals surface area contributed by atoms with Crippen LogP contribution in [0.4, 0.5) is 0 Å². The number of carbonyl (C=O) groups excluding carboxylic acids is 1. The first kappa shape index (κ1) is 15.3. The van der Waals surface area contributed by atoms with Crippen molar-refractivity contribution in [1.29, 1.82) is 0 Å². The summed E-state index contributed by atoms with van der Waals surface area (Å²) in [6, 6.07) is 19.8. The van der Waals surface area contributed by atoms with E-state index in [1.54, 1.807) is 4.90 Å². The molecule has 0 saturated heterocycles. The molecule has 2 rings (SSSR count). The Morgan fingerprint density at radius 2 is 1.43 bits per heavy atom. The second-order valence-electron chi connectivity index (χ2n) is 5.32. The van der Waals surface area contributed by atoms with Crippen molar-refractivity contribution in [2.24, 2.45) is 0 Å². The minimum Gasteiger partial charge on any atom is -0.340 e. The van der Waals surface area contributed by atoms with E-state index in [-0.39, 0.29) is 5.91 Å². The number of nitrogens with zero attached hydrogens (tertiary/aromatic N) is 2. The van der Waals surface area contributed by atoms with Gasteiger partial charge in [0.2, 0.25) is 0 Å². The zero-order valence-corrected chi connectivity index (χ0v) is 12.7. The monoisotopic (exact) mass is 282 g/mol. The zero-order chi connectivity index (χ0) is 15.1. The third kappa shape index (κ3) is 4.72. The Balaban J connectivity index is 1.81. The van der Waals surface area contributed by atoms with E-state index in [9.17, 15) is 4.79 Å². The Morgan fingerprint density at radius 1 is 0.857 bits per heavy atom. The zero-order valence-electron chi connectivity index (χ0n) is 12.7. The minimum absolute atomic E-state index is 0.0729. The van der Waals surface area contributed by atoms with Gasteiger partial charge in [0.25, 0.3) is 5.91 Å². The molecule has 0 fully saturated rings. The van der Waals surface area contributed by atoms with Crippen LogP contribution in [0.5, 0.6) is 0 Å². The fourth-order valence-electron chi connectivity index (χ4n) is 2.20. The molecule has 0 radical (unpaired) electrons. The van der Waals surface area contributed by atoms with E-state index in [4.69, 9.17) is 0 Å². The lowest BCUT2D eigenvalue weighted by molar-refractivity contribution is 0.0781. The lowest BCUT2D eigenvalue weighted by atomic mass is 10.2. The highest BCUT2D eigenvalue weighted by Gasteiger charge is 2.11. The van der Waals surface area contributed by atoms with E-state index in [1.807, 2.05) is 55.6 Å². The van der Waals surface area contributed by atoms with E-state index in [0.717, 1.165) is 25.2 Å². The molecule has 110 valence electrons. The average molecular weight is 282 g/mol. The molecule has 3 nitrogen and oxygen atoms in total. The van der Waals surface area contributed by atoms with Gasteiger partial charge in [0.15, 0.2) is 0 Å². The van der Waals surface area contributed by atoms with Crippen molar-refractivity contribution in [1.82, 2.24) is 9.80 Å². The average Bonchev–Trinajstić information content (AvgIpc) is 2.53. The van der Waals surface area contributed by atoms with Crippen LogP contribution >= 0.6 is 0 Å². The summed E-state index contributed by atoms with van der Waals surface area (Å²) in [6.07, 6.45) is 0. The Labute approximate surface area is 126 Å². The maximum atomic E-state index is 12.2. The minimum atomic E-state index is 0.0729. The number of amides is 1. The lowest BCUT2D eigenvalue weighted by Crippen LogP contribution is -2.34. The second-order valence-corrected chi connectivity index (χ2v) is 5.32. The molecule has 0 bridgehead atoms. The van der Waals surface area contributed by atoms with Crippen LogP contribution in [0.25, 0.3) is 0 Å². The molecule has 0 aliphatic heterocycles. The molecule has 0 heterocycles. The molecule has 21 heavy (non-hydrogen) atoms. The predicted octanol–water partition coefficient (Wildman–Crippen LogP) is 2.89. The highest BCUT2D eigenvalue weighted by molar-refractivity contribution is 5.93. The van der Waals surface area contributed by atoms with E-state index in [2.05, 4.69) is 24.1 Å². The predicted molar refractivity (Wildman–Crippen MR) is 86.2 cm³/mol. The number of benzene rings is 2. The molecule has 2 aromatic rings. The smallest absolute Gasteiger partial charge is 0.253 e. The summed E-state index contributed by atoms with van der Waals surface area (Å²) < 4.78 is 0. The van der Waals surface area contributed by atoms with Crippen LogP contribution in [-0.2, 0) is 6.54 Å². The topological polar surface area (TPSA) is 23.6 Å². The molecule has 0 aliphatic carbocycles. The SMILES string of the molecule is CN(CCN(C)C(=O)c1ccccc1)Cc1ccccc1. The summed E-state index contributed by atoms with van der Waals surface area (Å²) in [5.41, 5.74) is 2.03. The van der Waals surface area contributed by atoms with E-state index < -0.39 is 0 Å². The van der Waals surface area contributed by atoms with Crippen LogP contribution < -0.4 is 0 Å². The number of carbonyl (C=O) groups is 1. The first-order valence-corrected chi connectivity index (χ1v) is 7.20. The summed E-state index contributed by atoms with van der Waals surface area (Å²) in [4.78, 5) is 16.2. The molecule has 3 heteroatoms. The van der Waals surface area contributed by atoms with Crippen LogP contribution in [0.1, 0.15) is 15.9 Å². The van der Waals surface area contributed by atoms with Gasteiger partial charge < -0.3 is 9.80 Å². The molecule has 0 saturated carbocycles. The summed E-state index contributed by atoms with van der Waals surface area (Å²) in [5, 5.41) is 0.